The molecule has 35 heavy (non-hydrogen) atoms. The highest BCUT2D eigenvalue weighted by atomic mass is 32.1. The molecule has 0 bridgehead atoms. The summed E-state index contributed by atoms with van der Waals surface area (Å²) in [6, 6.07) is 7.95. The van der Waals surface area contributed by atoms with Crippen molar-refractivity contribution in [2.75, 3.05) is 0 Å². The first-order valence-corrected chi connectivity index (χ1v) is 19.7. The number of hydrogen-bond donors (Lipinski definition) is 0. The van der Waals surface area contributed by atoms with E-state index in [4.69, 9.17) is 0 Å². The zero-order chi connectivity index (χ0) is 24.7. The van der Waals surface area contributed by atoms with Gasteiger partial charge in [-0.3, -0.25) is 0 Å². The Kier molecular flexibility index (Phi) is 8.01. The van der Waals surface area contributed by atoms with E-state index in [2.05, 4.69) is 99.0 Å². The van der Waals surface area contributed by atoms with E-state index in [1.165, 1.54) is 73.2 Å². The largest absolute Gasteiger partial charge is 0.140 e. The Morgan fingerprint density at radius 3 is 1.46 bits per heavy atom. The maximum Gasteiger partial charge on any atom is 0.126 e. The number of fused-ring (bicyclic) bond motifs is 7. The van der Waals surface area contributed by atoms with Crippen molar-refractivity contribution in [3.8, 4) is 9.75 Å². The summed E-state index contributed by atoms with van der Waals surface area (Å²) in [4.78, 5) is 6.41. The van der Waals surface area contributed by atoms with Gasteiger partial charge in [-0.15, -0.1) is 45.3 Å². The van der Waals surface area contributed by atoms with Crippen molar-refractivity contribution in [3.63, 3.8) is 0 Å². The van der Waals surface area contributed by atoms with Crippen LogP contribution in [0.5, 0.6) is 0 Å². The van der Waals surface area contributed by atoms with Gasteiger partial charge in [-0.1, -0.05) is 79.1 Å². The fraction of sp³-hybridized carbons (Fsp3) is 0.600. The smallest absolute Gasteiger partial charge is 0.126 e. The van der Waals surface area contributed by atoms with Gasteiger partial charge in [0.25, 0.3) is 0 Å². The predicted octanol–water partition coefficient (Wildman–Crippen LogP) is 10.8. The van der Waals surface area contributed by atoms with Gasteiger partial charge in [-0.05, 0) is 60.3 Å². The molecule has 0 radical (unpaired) electrons. The van der Waals surface area contributed by atoms with Gasteiger partial charge in [0, 0.05) is 38.3 Å². The Hall–Kier alpha value is -0.463. The molecule has 0 nitrogen and oxygen atoms in total. The maximum atomic E-state index is 2.49. The van der Waals surface area contributed by atoms with Crippen molar-refractivity contribution in [2.45, 2.75) is 105 Å². The Balaban J connectivity index is 1.76. The molecule has 190 valence electrons. The lowest BCUT2D eigenvalue weighted by atomic mass is 10.0. The number of hydrogen-bond acceptors (Lipinski definition) is 4. The van der Waals surface area contributed by atoms with E-state index in [0.29, 0.717) is 0 Å². The van der Waals surface area contributed by atoms with Crippen molar-refractivity contribution >= 4 is 82.6 Å². The topological polar surface area (TPSA) is 0 Å². The first-order chi connectivity index (χ1) is 16.9. The highest BCUT2D eigenvalue weighted by Gasteiger charge is 2.52. The molecule has 4 aromatic rings. The molecule has 0 spiro atoms. The summed E-state index contributed by atoms with van der Waals surface area (Å²) < 4.78 is 6.54. The van der Waals surface area contributed by atoms with Crippen LogP contribution in [0.3, 0.4) is 0 Å². The van der Waals surface area contributed by atoms with E-state index < -0.39 is 8.07 Å². The lowest BCUT2D eigenvalue weighted by Gasteiger charge is -2.36. The first-order valence-electron chi connectivity index (χ1n) is 14.0. The van der Waals surface area contributed by atoms with Gasteiger partial charge < -0.3 is 0 Å². The molecule has 0 saturated carbocycles. The van der Waals surface area contributed by atoms with Crippen LogP contribution in [0.4, 0.5) is 0 Å². The van der Waals surface area contributed by atoms with E-state index in [1.54, 1.807) is 28.6 Å². The first kappa shape index (κ1) is 26.2. The van der Waals surface area contributed by atoms with Crippen LogP contribution in [-0.2, 0) is 0 Å². The quantitative estimate of drug-likeness (QED) is 0.152. The summed E-state index contributed by atoms with van der Waals surface area (Å²) in [5.41, 5.74) is 0. The van der Waals surface area contributed by atoms with Crippen LogP contribution in [0.15, 0.2) is 12.1 Å². The van der Waals surface area contributed by atoms with Gasteiger partial charge >= 0.3 is 0 Å². The highest BCUT2D eigenvalue weighted by molar-refractivity contribution is 7.41. The standard InChI is InChI=1S/C30H42S4Si/c1-7-11-13-21(9-3)17-35(18-22(10-4)14-12-8-2)29-25-23(15-19(5)31-25)33-27(29)28-30(35)26-24(34-28)16-20(6)32-26/h15-16,21-22H,7-14,17-18H2,1-6H3. The molecule has 0 N–H and O–H groups in total. The summed E-state index contributed by atoms with van der Waals surface area (Å²) in [5.74, 6) is 1.74. The van der Waals surface area contributed by atoms with E-state index >= 15 is 0 Å². The normalized spacial score (nSPS) is 16.3. The number of rotatable bonds is 12. The van der Waals surface area contributed by atoms with Crippen LogP contribution >= 0.6 is 45.3 Å². The van der Waals surface area contributed by atoms with Crippen molar-refractivity contribution in [3.05, 3.63) is 21.9 Å². The van der Waals surface area contributed by atoms with E-state index in [-0.39, 0.29) is 0 Å². The molecule has 1 aliphatic heterocycles. The molecule has 0 aliphatic carbocycles. The number of aryl methyl sites for hydroxylation is 2. The van der Waals surface area contributed by atoms with Crippen LogP contribution in [0.2, 0.25) is 12.1 Å². The summed E-state index contributed by atoms with van der Waals surface area (Å²) in [5, 5.41) is 3.80. The second-order valence-corrected chi connectivity index (χ2v) is 19.6. The number of unbranched alkanes of at least 4 members (excludes halogenated alkanes) is 2. The van der Waals surface area contributed by atoms with Crippen molar-refractivity contribution < 1.29 is 0 Å². The molecule has 0 saturated heterocycles. The third-order valence-electron chi connectivity index (χ3n) is 8.50. The molecule has 0 fully saturated rings. The summed E-state index contributed by atoms with van der Waals surface area (Å²) >= 11 is 8.50. The van der Waals surface area contributed by atoms with Gasteiger partial charge in [0.1, 0.15) is 8.07 Å². The van der Waals surface area contributed by atoms with Crippen molar-refractivity contribution in [2.24, 2.45) is 11.8 Å². The SMILES string of the molecule is CCCCC(CC)C[Si]1(CC(CC)CCCC)c2c(sc3cc(C)sc23)-c2sc3cc(C)sc3c21. The predicted molar refractivity (Wildman–Crippen MR) is 169 cm³/mol. The minimum absolute atomic E-state index is 0.871. The Morgan fingerprint density at radius 1 is 0.657 bits per heavy atom. The zero-order valence-corrected chi connectivity index (χ0v) is 26.8. The van der Waals surface area contributed by atoms with Crippen LogP contribution in [0, 0.1) is 25.7 Å². The van der Waals surface area contributed by atoms with Gasteiger partial charge in [0.2, 0.25) is 0 Å². The van der Waals surface area contributed by atoms with Gasteiger partial charge in [0.05, 0.1) is 0 Å². The monoisotopic (exact) mass is 558 g/mol. The summed E-state index contributed by atoms with van der Waals surface area (Å²) in [6.45, 7) is 14.3. The molecule has 2 unspecified atom stereocenters. The second-order valence-electron chi connectivity index (χ2n) is 11.0. The minimum Gasteiger partial charge on any atom is -0.140 e. The van der Waals surface area contributed by atoms with Crippen LogP contribution < -0.4 is 10.4 Å². The van der Waals surface area contributed by atoms with Crippen LogP contribution in [-0.4, -0.2) is 8.07 Å². The molecule has 0 aromatic carbocycles. The Bertz CT molecular complexity index is 1200. The van der Waals surface area contributed by atoms with Gasteiger partial charge in [-0.2, -0.15) is 0 Å². The Labute approximate surface area is 229 Å². The van der Waals surface area contributed by atoms with Gasteiger partial charge in [-0.25, -0.2) is 0 Å². The Morgan fingerprint density at radius 2 is 1.09 bits per heavy atom. The lowest BCUT2D eigenvalue weighted by molar-refractivity contribution is 0.469. The fourth-order valence-corrected chi connectivity index (χ4v) is 21.3. The molecular weight excluding hydrogens is 517 g/mol. The fourth-order valence-electron chi connectivity index (χ4n) is 6.69. The third kappa shape index (κ3) is 4.56. The molecular formula is C30H42S4Si. The molecule has 2 atom stereocenters. The van der Waals surface area contributed by atoms with E-state index in [9.17, 15) is 0 Å². The van der Waals surface area contributed by atoms with E-state index in [1.807, 2.05) is 10.4 Å². The zero-order valence-electron chi connectivity index (χ0n) is 22.5. The van der Waals surface area contributed by atoms with Crippen LogP contribution in [0.25, 0.3) is 28.6 Å². The highest BCUT2D eigenvalue weighted by Crippen LogP contribution is 2.51. The third-order valence-corrected chi connectivity index (χ3v) is 19.5. The van der Waals surface area contributed by atoms with E-state index in [0.717, 1.165) is 11.8 Å². The molecule has 5 heteroatoms. The van der Waals surface area contributed by atoms with Crippen LogP contribution in [0.1, 0.15) is 88.8 Å². The van der Waals surface area contributed by atoms with Crippen molar-refractivity contribution in [1.82, 2.24) is 0 Å². The van der Waals surface area contributed by atoms with Gasteiger partial charge in [0.15, 0.2) is 0 Å². The maximum absolute atomic E-state index is 2.49. The molecule has 5 rings (SSSR count). The minimum atomic E-state index is -1.90. The number of thiophene rings is 4. The lowest BCUT2D eigenvalue weighted by Crippen LogP contribution is -2.57. The average Bonchev–Trinajstić information content (AvgIpc) is 3.59. The summed E-state index contributed by atoms with van der Waals surface area (Å²) in [7, 11) is -1.90. The molecule has 4 aromatic heterocycles. The van der Waals surface area contributed by atoms with Crippen molar-refractivity contribution in [1.29, 1.82) is 0 Å². The summed E-state index contributed by atoms with van der Waals surface area (Å²) in [6.07, 6.45) is 11.0. The molecule has 0 amide bonds. The molecule has 1 aliphatic rings. The average molecular weight is 559 g/mol. The molecule has 5 heterocycles. The second kappa shape index (κ2) is 10.7.